The van der Waals surface area contributed by atoms with E-state index >= 15 is 0 Å². The number of hydrogen-bond donors (Lipinski definition) is 3. The summed E-state index contributed by atoms with van der Waals surface area (Å²) in [4.78, 5) is 22.8. The van der Waals surface area contributed by atoms with Crippen molar-refractivity contribution in [1.82, 2.24) is 10.2 Å². The predicted octanol–water partition coefficient (Wildman–Crippen LogP) is -1.18. The first kappa shape index (κ1) is 10.9. The molecule has 0 saturated carbocycles. The molecular weight excluding hydrogens is 188 g/mol. The monoisotopic (exact) mass is 202 g/mol. The molecule has 6 nitrogen and oxygen atoms in total. The van der Waals surface area contributed by atoms with Crippen molar-refractivity contribution < 1.29 is 19.8 Å². The highest BCUT2D eigenvalue weighted by molar-refractivity contribution is 5.74. The van der Waals surface area contributed by atoms with Gasteiger partial charge in [-0.2, -0.15) is 0 Å². The van der Waals surface area contributed by atoms with E-state index in [9.17, 15) is 9.59 Å². The van der Waals surface area contributed by atoms with Crippen molar-refractivity contribution >= 4 is 11.9 Å². The fraction of sp³-hybridized carbons (Fsp3) is 0.750. The molecule has 1 rings (SSSR count). The van der Waals surface area contributed by atoms with Crippen LogP contribution in [0.5, 0.6) is 0 Å². The van der Waals surface area contributed by atoms with Gasteiger partial charge in [0.1, 0.15) is 6.04 Å². The van der Waals surface area contributed by atoms with Gasteiger partial charge in [-0.25, -0.2) is 0 Å². The van der Waals surface area contributed by atoms with Crippen LogP contribution in [0.4, 0.5) is 0 Å². The van der Waals surface area contributed by atoms with Crippen LogP contribution >= 0.6 is 0 Å². The third kappa shape index (κ3) is 3.31. The van der Waals surface area contributed by atoms with E-state index in [1.165, 1.54) is 0 Å². The SMILES string of the molecule is O=C(O)CCN1CCNC(C(=O)O)C1. The maximum atomic E-state index is 10.6. The fourth-order valence-corrected chi connectivity index (χ4v) is 1.43. The Bertz CT molecular complexity index is 231. The Balaban J connectivity index is 2.32. The third-order valence-corrected chi connectivity index (χ3v) is 2.20. The van der Waals surface area contributed by atoms with Gasteiger partial charge in [0.05, 0.1) is 6.42 Å². The molecule has 1 unspecified atom stereocenters. The van der Waals surface area contributed by atoms with E-state index in [0.29, 0.717) is 26.2 Å². The topological polar surface area (TPSA) is 89.9 Å². The van der Waals surface area contributed by atoms with Crippen LogP contribution in [0.3, 0.4) is 0 Å². The van der Waals surface area contributed by atoms with E-state index in [1.54, 1.807) is 0 Å². The third-order valence-electron chi connectivity index (χ3n) is 2.20. The average Bonchev–Trinajstić information content (AvgIpc) is 2.15. The first-order chi connectivity index (χ1) is 6.59. The number of piperazine rings is 1. The molecule has 0 aromatic heterocycles. The maximum Gasteiger partial charge on any atom is 0.322 e. The summed E-state index contributed by atoms with van der Waals surface area (Å²) in [6.45, 7) is 2.09. The van der Waals surface area contributed by atoms with Crippen LogP contribution in [-0.4, -0.2) is 59.3 Å². The van der Waals surface area contributed by atoms with Gasteiger partial charge < -0.3 is 15.5 Å². The molecule has 0 bridgehead atoms. The summed E-state index contributed by atoms with van der Waals surface area (Å²) in [7, 11) is 0. The lowest BCUT2D eigenvalue weighted by Crippen LogP contribution is -2.54. The molecule has 0 aromatic rings. The molecule has 1 saturated heterocycles. The Hall–Kier alpha value is -1.14. The molecule has 1 aliphatic rings. The lowest BCUT2D eigenvalue weighted by atomic mass is 10.2. The molecule has 0 radical (unpaired) electrons. The van der Waals surface area contributed by atoms with Crippen LogP contribution < -0.4 is 5.32 Å². The Morgan fingerprint density at radius 1 is 1.43 bits per heavy atom. The van der Waals surface area contributed by atoms with Crippen LogP contribution in [0.15, 0.2) is 0 Å². The fourth-order valence-electron chi connectivity index (χ4n) is 1.43. The minimum absolute atomic E-state index is 0.0618. The van der Waals surface area contributed by atoms with Crippen LogP contribution in [-0.2, 0) is 9.59 Å². The first-order valence-electron chi connectivity index (χ1n) is 4.50. The molecule has 0 spiro atoms. The zero-order valence-corrected chi connectivity index (χ0v) is 7.77. The van der Waals surface area contributed by atoms with Crippen LogP contribution in [0.2, 0.25) is 0 Å². The summed E-state index contributed by atoms with van der Waals surface area (Å²) < 4.78 is 0. The van der Waals surface area contributed by atoms with Crippen molar-refractivity contribution in [3.05, 3.63) is 0 Å². The zero-order valence-electron chi connectivity index (χ0n) is 7.77. The van der Waals surface area contributed by atoms with Gasteiger partial charge in [-0.15, -0.1) is 0 Å². The predicted molar refractivity (Wildman–Crippen MR) is 48.1 cm³/mol. The first-order valence-corrected chi connectivity index (χ1v) is 4.50. The van der Waals surface area contributed by atoms with E-state index in [-0.39, 0.29) is 6.42 Å². The molecule has 0 aliphatic carbocycles. The van der Waals surface area contributed by atoms with Gasteiger partial charge in [0.15, 0.2) is 0 Å². The van der Waals surface area contributed by atoms with Crippen molar-refractivity contribution in [2.75, 3.05) is 26.2 Å². The molecule has 6 heteroatoms. The molecule has 14 heavy (non-hydrogen) atoms. The number of carboxylic acids is 2. The second-order valence-electron chi connectivity index (χ2n) is 3.29. The van der Waals surface area contributed by atoms with Crippen molar-refractivity contribution in [3.63, 3.8) is 0 Å². The Morgan fingerprint density at radius 3 is 2.71 bits per heavy atom. The van der Waals surface area contributed by atoms with Gasteiger partial charge in [-0.05, 0) is 0 Å². The van der Waals surface area contributed by atoms with Crippen molar-refractivity contribution in [2.24, 2.45) is 0 Å². The van der Waals surface area contributed by atoms with Gasteiger partial charge in [0.25, 0.3) is 0 Å². The number of carbonyl (C=O) groups is 2. The molecule has 1 aliphatic heterocycles. The quantitative estimate of drug-likeness (QED) is 0.531. The summed E-state index contributed by atoms with van der Waals surface area (Å²) in [6, 6.07) is -0.572. The Kier molecular flexibility index (Phi) is 3.84. The van der Waals surface area contributed by atoms with Crippen molar-refractivity contribution in [2.45, 2.75) is 12.5 Å². The summed E-state index contributed by atoms with van der Waals surface area (Å²) in [5, 5.41) is 20.0. The Labute approximate surface area is 81.5 Å². The van der Waals surface area contributed by atoms with Crippen molar-refractivity contribution in [1.29, 1.82) is 0 Å². The zero-order chi connectivity index (χ0) is 10.6. The number of nitrogens with one attached hydrogen (secondary N) is 1. The van der Waals surface area contributed by atoms with Gasteiger partial charge >= 0.3 is 11.9 Å². The highest BCUT2D eigenvalue weighted by Crippen LogP contribution is 2.00. The second kappa shape index (κ2) is 4.92. The lowest BCUT2D eigenvalue weighted by molar-refractivity contribution is -0.140. The molecule has 1 atom stereocenters. The van der Waals surface area contributed by atoms with Crippen LogP contribution in [0, 0.1) is 0 Å². The highest BCUT2D eigenvalue weighted by atomic mass is 16.4. The number of nitrogens with zero attached hydrogens (tertiary/aromatic N) is 1. The smallest absolute Gasteiger partial charge is 0.322 e. The van der Waals surface area contributed by atoms with E-state index in [4.69, 9.17) is 10.2 Å². The Morgan fingerprint density at radius 2 is 2.14 bits per heavy atom. The molecule has 3 N–H and O–H groups in total. The average molecular weight is 202 g/mol. The lowest BCUT2D eigenvalue weighted by Gasteiger charge is -2.30. The number of carboxylic acid groups (broad SMARTS) is 2. The van der Waals surface area contributed by atoms with E-state index < -0.39 is 18.0 Å². The standard InChI is InChI=1S/C8H14N2O4/c11-7(12)1-3-10-4-2-9-6(5-10)8(13)14/h6,9H,1-5H2,(H,11,12)(H,13,14). The minimum Gasteiger partial charge on any atom is -0.481 e. The van der Waals surface area contributed by atoms with E-state index in [2.05, 4.69) is 5.32 Å². The maximum absolute atomic E-state index is 10.6. The van der Waals surface area contributed by atoms with Gasteiger partial charge in [-0.1, -0.05) is 0 Å². The van der Waals surface area contributed by atoms with Crippen molar-refractivity contribution in [3.8, 4) is 0 Å². The molecule has 0 amide bonds. The number of rotatable bonds is 4. The molecule has 0 aromatic carbocycles. The van der Waals surface area contributed by atoms with Crippen LogP contribution in [0.1, 0.15) is 6.42 Å². The molecule has 80 valence electrons. The van der Waals surface area contributed by atoms with E-state index in [1.807, 2.05) is 4.90 Å². The largest absolute Gasteiger partial charge is 0.481 e. The van der Waals surface area contributed by atoms with Crippen LogP contribution in [0.25, 0.3) is 0 Å². The summed E-state index contributed by atoms with van der Waals surface area (Å²) >= 11 is 0. The van der Waals surface area contributed by atoms with Gasteiger partial charge in [0.2, 0.25) is 0 Å². The summed E-state index contributed by atoms with van der Waals surface area (Å²) in [5.74, 6) is -1.74. The highest BCUT2D eigenvalue weighted by Gasteiger charge is 2.24. The van der Waals surface area contributed by atoms with E-state index in [0.717, 1.165) is 0 Å². The normalized spacial score (nSPS) is 23.3. The van der Waals surface area contributed by atoms with Gasteiger partial charge in [-0.3, -0.25) is 14.5 Å². The number of aliphatic carboxylic acids is 2. The second-order valence-corrected chi connectivity index (χ2v) is 3.29. The number of hydrogen-bond acceptors (Lipinski definition) is 4. The molecular formula is C8H14N2O4. The molecule has 1 heterocycles. The molecule has 1 fully saturated rings. The minimum atomic E-state index is -0.884. The summed E-state index contributed by atoms with van der Waals surface area (Å²) in [6.07, 6.45) is 0.0618. The van der Waals surface area contributed by atoms with Gasteiger partial charge in [0, 0.05) is 26.2 Å². The summed E-state index contributed by atoms with van der Waals surface area (Å²) in [5.41, 5.74) is 0.